The van der Waals surface area contributed by atoms with E-state index in [1.165, 1.54) is 17.0 Å². The standard InChI is InChI=1S/C21H30N4O2/c1-15-10-16(2)13-25(12-15)14-18-7-5-4-6-17(18)11-22-21(27)19-8-9-20(26)24(3)23-19/h4-7,15-16H,8-14H2,1-3H3,(H,22,27)/t15-,16+. The number of hydrogen-bond donors (Lipinski definition) is 1. The van der Waals surface area contributed by atoms with E-state index in [4.69, 9.17) is 0 Å². The molecule has 0 unspecified atom stereocenters. The fraction of sp³-hybridized carbons (Fsp3) is 0.571. The number of hydrogen-bond acceptors (Lipinski definition) is 4. The van der Waals surface area contributed by atoms with Crippen LogP contribution in [0.1, 0.15) is 44.2 Å². The summed E-state index contributed by atoms with van der Waals surface area (Å²) < 4.78 is 0. The Bertz CT molecular complexity index is 721. The van der Waals surface area contributed by atoms with Crippen LogP contribution in [-0.4, -0.2) is 47.6 Å². The summed E-state index contributed by atoms with van der Waals surface area (Å²) in [7, 11) is 1.59. The highest BCUT2D eigenvalue weighted by Crippen LogP contribution is 2.23. The third-order valence-electron chi connectivity index (χ3n) is 5.37. The zero-order chi connectivity index (χ0) is 19.4. The van der Waals surface area contributed by atoms with Gasteiger partial charge in [0, 0.05) is 46.1 Å². The summed E-state index contributed by atoms with van der Waals surface area (Å²) in [4.78, 5) is 26.4. The van der Waals surface area contributed by atoms with Crippen LogP contribution in [0.15, 0.2) is 29.4 Å². The van der Waals surface area contributed by atoms with Gasteiger partial charge in [-0.25, -0.2) is 5.01 Å². The highest BCUT2D eigenvalue weighted by molar-refractivity contribution is 6.39. The van der Waals surface area contributed by atoms with Gasteiger partial charge in [-0.3, -0.25) is 14.5 Å². The predicted molar refractivity (Wildman–Crippen MR) is 106 cm³/mol. The maximum absolute atomic E-state index is 12.4. The fourth-order valence-electron chi connectivity index (χ4n) is 4.16. The van der Waals surface area contributed by atoms with Crippen LogP contribution >= 0.6 is 0 Å². The SMILES string of the molecule is C[C@@H]1C[C@H](C)CN(Cc2ccccc2CNC(=O)C2=NN(C)C(=O)CC2)C1. The Balaban J connectivity index is 1.62. The second kappa shape index (κ2) is 8.65. The Morgan fingerprint density at radius 1 is 1.15 bits per heavy atom. The van der Waals surface area contributed by atoms with Gasteiger partial charge in [-0.05, 0) is 29.4 Å². The van der Waals surface area contributed by atoms with Crippen molar-refractivity contribution in [2.45, 2.75) is 46.2 Å². The van der Waals surface area contributed by atoms with Crippen molar-refractivity contribution in [3.8, 4) is 0 Å². The van der Waals surface area contributed by atoms with Crippen LogP contribution in [-0.2, 0) is 22.7 Å². The number of carbonyl (C=O) groups excluding carboxylic acids is 2. The largest absolute Gasteiger partial charge is 0.347 e. The lowest BCUT2D eigenvalue weighted by molar-refractivity contribution is -0.130. The monoisotopic (exact) mass is 370 g/mol. The minimum atomic E-state index is -0.190. The van der Waals surface area contributed by atoms with Gasteiger partial charge in [0.15, 0.2) is 0 Å². The van der Waals surface area contributed by atoms with E-state index >= 15 is 0 Å². The van der Waals surface area contributed by atoms with E-state index in [0.29, 0.717) is 25.1 Å². The first kappa shape index (κ1) is 19.5. The Morgan fingerprint density at radius 3 is 2.48 bits per heavy atom. The number of piperidine rings is 1. The summed E-state index contributed by atoms with van der Waals surface area (Å²) in [6, 6.07) is 8.29. The molecule has 6 heteroatoms. The van der Waals surface area contributed by atoms with Crippen molar-refractivity contribution >= 4 is 17.5 Å². The number of nitrogens with zero attached hydrogens (tertiary/aromatic N) is 3. The number of nitrogens with one attached hydrogen (secondary N) is 1. The fourth-order valence-corrected chi connectivity index (χ4v) is 4.16. The number of carbonyl (C=O) groups is 2. The van der Waals surface area contributed by atoms with Gasteiger partial charge in [-0.1, -0.05) is 38.1 Å². The van der Waals surface area contributed by atoms with Crippen LogP contribution in [0.5, 0.6) is 0 Å². The van der Waals surface area contributed by atoms with Crippen molar-refractivity contribution in [2.75, 3.05) is 20.1 Å². The number of rotatable bonds is 5. The van der Waals surface area contributed by atoms with Crippen LogP contribution in [0.4, 0.5) is 0 Å². The van der Waals surface area contributed by atoms with Gasteiger partial charge in [0.05, 0.1) is 0 Å². The molecule has 27 heavy (non-hydrogen) atoms. The third-order valence-corrected chi connectivity index (χ3v) is 5.37. The molecule has 2 aliphatic heterocycles. The van der Waals surface area contributed by atoms with Crippen LogP contribution in [0.2, 0.25) is 0 Å². The molecule has 1 aromatic rings. The summed E-state index contributed by atoms with van der Waals surface area (Å²) in [5.74, 6) is 1.21. The molecule has 1 aromatic carbocycles. The lowest BCUT2D eigenvalue weighted by atomic mass is 9.91. The van der Waals surface area contributed by atoms with Crippen molar-refractivity contribution in [1.29, 1.82) is 0 Å². The first-order valence-corrected chi connectivity index (χ1v) is 9.83. The zero-order valence-electron chi connectivity index (χ0n) is 16.6. The van der Waals surface area contributed by atoms with Gasteiger partial charge in [-0.15, -0.1) is 0 Å². The second-order valence-electron chi connectivity index (χ2n) is 8.06. The van der Waals surface area contributed by atoms with Crippen LogP contribution in [0.3, 0.4) is 0 Å². The molecule has 2 atom stereocenters. The zero-order valence-corrected chi connectivity index (χ0v) is 16.6. The highest BCUT2D eigenvalue weighted by atomic mass is 16.2. The normalized spacial score (nSPS) is 23.9. The first-order valence-electron chi connectivity index (χ1n) is 9.83. The minimum absolute atomic E-state index is 0.0538. The maximum Gasteiger partial charge on any atom is 0.267 e. The van der Waals surface area contributed by atoms with Crippen LogP contribution in [0, 0.1) is 11.8 Å². The molecule has 1 fully saturated rings. The maximum atomic E-state index is 12.4. The lowest BCUT2D eigenvalue weighted by Crippen LogP contribution is -2.39. The number of hydrazone groups is 1. The smallest absolute Gasteiger partial charge is 0.267 e. The van der Waals surface area contributed by atoms with E-state index in [-0.39, 0.29) is 11.8 Å². The molecule has 2 heterocycles. The first-order chi connectivity index (χ1) is 12.9. The summed E-state index contributed by atoms with van der Waals surface area (Å²) >= 11 is 0. The minimum Gasteiger partial charge on any atom is -0.347 e. The molecule has 2 aliphatic rings. The van der Waals surface area contributed by atoms with Gasteiger partial charge in [0.1, 0.15) is 5.71 Å². The van der Waals surface area contributed by atoms with Crippen molar-refractivity contribution < 1.29 is 9.59 Å². The van der Waals surface area contributed by atoms with E-state index in [9.17, 15) is 9.59 Å². The van der Waals surface area contributed by atoms with Crippen LogP contribution < -0.4 is 5.32 Å². The molecule has 0 aromatic heterocycles. The molecule has 1 N–H and O–H groups in total. The van der Waals surface area contributed by atoms with Crippen molar-refractivity contribution in [3.05, 3.63) is 35.4 Å². The van der Waals surface area contributed by atoms with Gasteiger partial charge < -0.3 is 5.32 Å². The average Bonchev–Trinajstić information content (AvgIpc) is 2.62. The van der Waals surface area contributed by atoms with Crippen LogP contribution in [0.25, 0.3) is 0 Å². The molecule has 1 saturated heterocycles. The topological polar surface area (TPSA) is 65.0 Å². The number of amides is 2. The van der Waals surface area contributed by atoms with E-state index in [0.717, 1.165) is 37.0 Å². The molecule has 0 spiro atoms. The van der Waals surface area contributed by atoms with E-state index in [2.05, 4.69) is 47.4 Å². The summed E-state index contributed by atoms with van der Waals surface area (Å²) in [5.41, 5.74) is 2.82. The van der Waals surface area contributed by atoms with Crippen molar-refractivity contribution in [2.24, 2.45) is 16.9 Å². The highest BCUT2D eigenvalue weighted by Gasteiger charge is 2.23. The van der Waals surface area contributed by atoms with E-state index in [1.54, 1.807) is 7.05 Å². The third kappa shape index (κ3) is 5.16. The summed E-state index contributed by atoms with van der Waals surface area (Å²) in [6.45, 7) is 8.29. The quantitative estimate of drug-likeness (QED) is 0.865. The predicted octanol–water partition coefficient (Wildman–Crippen LogP) is 2.39. The molecule has 0 aliphatic carbocycles. The van der Waals surface area contributed by atoms with Gasteiger partial charge in [-0.2, -0.15) is 5.10 Å². The molecule has 146 valence electrons. The number of benzene rings is 1. The molecule has 2 amide bonds. The molecule has 0 radical (unpaired) electrons. The van der Waals surface area contributed by atoms with Crippen molar-refractivity contribution in [3.63, 3.8) is 0 Å². The Labute approximate surface area is 161 Å². The molecular weight excluding hydrogens is 340 g/mol. The Hall–Kier alpha value is -2.21. The summed E-state index contributed by atoms with van der Waals surface area (Å²) in [5, 5.41) is 8.32. The van der Waals surface area contributed by atoms with Gasteiger partial charge >= 0.3 is 0 Å². The molecule has 0 bridgehead atoms. The Morgan fingerprint density at radius 2 is 1.81 bits per heavy atom. The van der Waals surface area contributed by atoms with E-state index < -0.39 is 0 Å². The molecule has 3 rings (SSSR count). The molecule has 0 saturated carbocycles. The van der Waals surface area contributed by atoms with E-state index in [1.807, 2.05) is 6.07 Å². The van der Waals surface area contributed by atoms with Gasteiger partial charge in [0.25, 0.3) is 5.91 Å². The Kier molecular flexibility index (Phi) is 6.26. The molecule has 6 nitrogen and oxygen atoms in total. The summed E-state index contributed by atoms with van der Waals surface area (Å²) in [6.07, 6.45) is 2.04. The lowest BCUT2D eigenvalue weighted by Gasteiger charge is -2.35. The molecular formula is C21H30N4O2. The second-order valence-corrected chi connectivity index (χ2v) is 8.06. The number of likely N-dealkylation sites (tertiary alicyclic amines) is 1. The average molecular weight is 370 g/mol. The van der Waals surface area contributed by atoms with Crippen molar-refractivity contribution in [1.82, 2.24) is 15.2 Å². The van der Waals surface area contributed by atoms with Gasteiger partial charge in [0.2, 0.25) is 5.91 Å².